The average molecular weight is 314 g/mol. The molecule has 1 aliphatic rings. The van der Waals surface area contributed by atoms with Gasteiger partial charge in [-0.25, -0.2) is 9.97 Å². The second kappa shape index (κ2) is 6.87. The number of aryl methyl sites for hydroxylation is 2. The third-order valence-electron chi connectivity index (χ3n) is 4.16. The van der Waals surface area contributed by atoms with Crippen LogP contribution in [0.15, 0.2) is 29.6 Å². The third-order valence-corrected chi connectivity index (χ3v) is 4.16. The molecule has 1 saturated heterocycles. The minimum absolute atomic E-state index is 0.0724. The zero-order valence-electron chi connectivity index (χ0n) is 13.6. The van der Waals surface area contributed by atoms with Crippen LogP contribution in [-0.4, -0.2) is 43.6 Å². The number of hydrogen-bond donors (Lipinski definition) is 1. The van der Waals surface area contributed by atoms with E-state index in [1.54, 1.807) is 17.9 Å². The van der Waals surface area contributed by atoms with Crippen molar-refractivity contribution in [2.45, 2.75) is 32.4 Å². The highest BCUT2D eigenvalue weighted by molar-refractivity contribution is 5.35. The summed E-state index contributed by atoms with van der Waals surface area (Å²) < 4.78 is 1.58. The summed E-state index contributed by atoms with van der Waals surface area (Å²) >= 11 is 0. The van der Waals surface area contributed by atoms with Gasteiger partial charge in [0.15, 0.2) is 0 Å². The molecule has 0 aliphatic carbocycles. The Morgan fingerprint density at radius 1 is 1.26 bits per heavy atom. The first-order chi connectivity index (χ1) is 11.1. The molecule has 122 valence electrons. The van der Waals surface area contributed by atoms with Gasteiger partial charge < -0.3 is 9.88 Å². The summed E-state index contributed by atoms with van der Waals surface area (Å²) in [6.07, 6.45) is 6.93. The summed E-state index contributed by atoms with van der Waals surface area (Å²) in [5.74, 6) is 0.899. The van der Waals surface area contributed by atoms with Crippen LogP contribution in [0.3, 0.4) is 0 Å². The second-order valence-corrected chi connectivity index (χ2v) is 6.07. The van der Waals surface area contributed by atoms with E-state index in [1.165, 1.54) is 6.20 Å². The molecular formula is C16H22N6O. The number of anilines is 1. The van der Waals surface area contributed by atoms with Gasteiger partial charge >= 0.3 is 0 Å². The van der Waals surface area contributed by atoms with Crippen molar-refractivity contribution >= 4 is 5.82 Å². The molecule has 0 atom stereocenters. The van der Waals surface area contributed by atoms with Crippen molar-refractivity contribution in [1.29, 1.82) is 0 Å². The Hall–Kier alpha value is -2.28. The van der Waals surface area contributed by atoms with E-state index < -0.39 is 0 Å². The first kappa shape index (κ1) is 15.6. The van der Waals surface area contributed by atoms with Crippen molar-refractivity contribution in [3.63, 3.8) is 0 Å². The van der Waals surface area contributed by atoms with Crippen LogP contribution in [-0.2, 0) is 13.6 Å². The maximum absolute atomic E-state index is 11.4. The van der Waals surface area contributed by atoms with E-state index in [0.717, 1.165) is 49.7 Å². The van der Waals surface area contributed by atoms with Crippen LogP contribution in [0, 0.1) is 6.92 Å². The SMILES string of the molecule is Cc1cc(NC2CCN(Cc3cn(C)c(=O)cn3)CC2)ncn1. The summed E-state index contributed by atoms with van der Waals surface area (Å²) in [7, 11) is 1.76. The van der Waals surface area contributed by atoms with Gasteiger partial charge in [0.1, 0.15) is 12.1 Å². The smallest absolute Gasteiger partial charge is 0.268 e. The highest BCUT2D eigenvalue weighted by Crippen LogP contribution is 2.16. The molecule has 0 amide bonds. The Balaban J connectivity index is 1.52. The number of aromatic nitrogens is 4. The summed E-state index contributed by atoms with van der Waals surface area (Å²) in [5, 5.41) is 3.48. The maximum Gasteiger partial charge on any atom is 0.268 e. The normalized spacial score (nSPS) is 16.4. The molecule has 3 heterocycles. The van der Waals surface area contributed by atoms with Crippen molar-refractivity contribution in [2.75, 3.05) is 18.4 Å². The van der Waals surface area contributed by atoms with Gasteiger partial charge in [-0.15, -0.1) is 0 Å². The standard InChI is InChI=1S/C16H22N6O/c1-12-7-15(19-11-18-12)20-13-3-5-22(6-4-13)10-14-9-21(2)16(23)8-17-14/h7-9,11,13H,3-6,10H2,1-2H3,(H,18,19,20). The van der Waals surface area contributed by atoms with Crippen LogP contribution in [0.2, 0.25) is 0 Å². The minimum atomic E-state index is -0.0724. The molecule has 7 heteroatoms. The lowest BCUT2D eigenvalue weighted by Crippen LogP contribution is -2.39. The van der Waals surface area contributed by atoms with E-state index in [-0.39, 0.29) is 5.56 Å². The molecule has 2 aromatic heterocycles. The van der Waals surface area contributed by atoms with E-state index >= 15 is 0 Å². The average Bonchev–Trinajstić information content (AvgIpc) is 2.53. The molecule has 23 heavy (non-hydrogen) atoms. The Bertz CT molecular complexity index is 721. The van der Waals surface area contributed by atoms with E-state index in [1.807, 2.05) is 19.2 Å². The Labute approximate surface area is 135 Å². The number of likely N-dealkylation sites (tertiary alicyclic amines) is 1. The number of nitrogens with one attached hydrogen (secondary N) is 1. The lowest BCUT2D eigenvalue weighted by Gasteiger charge is -2.32. The van der Waals surface area contributed by atoms with Gasteiger partial charge in [0, 0.05) is 50.7 Å². The molecule has 0 saturated carbocycles. The van der Waals surface area contributed by atoms with Gasteiger partial charge in [0.25, 0.3) is 5.56 Å². The molecule has 3 rings (SSSR count). The third kappa shape index (κ3) is 4.13. The van der Waals surface area contributed by atoms with Crippen LogP contribution in [0.4, 0.5) is 5.82 Å². The molecule has 2 aromatic rings. The Morgan fingerprint density at radius 2 is 2.04 bits per heavy atom. The van der Waals surface area contributed by atoms with Crippen LogP contribution in [0.5, 0.6) is 0 Å². The number of rotatable bonds is 4. The largest absolute Gasteiger partial charge is 0.367 e. The van der Waals surface area contributed by atoms with Gasteiger partial charge in [-0.2, -0.15) is 0 Å². The molecule has 0 aromatic carbocycles. The number of nitrogens with zero attached hydrogens (tertiary/aromatic N) is 5. The molecule has 1 N–H and O–H groups in total. The van der Waals surface area contributed by atoms with Crippen molar-refractivity contribution in [1.82, 2.24) is 24.4 Å². The zero-order chi connectivity index (χ0) is 16.2. The molecule has 0 radical (unpaired) electrons. The van der Waals surface area contributed by atoms with Crippen LogP contribution in [0.1, 0.15) is 24.2 Å². The van der Waals surface area contributed by atoms with Gasteiger partial charge in [0.2, 0.25) is 0 Å². The highest BCUT2D eigenvalue weighted by Gasteiger charge is 2.20. The Morgan fingerprint density at radius 3 is 2.74 bits per heavy atom. The number of piperidine rings is 1. The van der Waals surface area contributed by atoms with Gasteiger partial charge in [-0.3, -0.25) is 14.7 Å². The van der Waals surface area contributed by atoms with Crippen LogP contribution < -0.4 is 10.9 Å². The molecular weight excluding hydrogens is 292 g/mol. The minimum Gasteiger partial charge on any atom is -0.367 e. The van der Waals surface area contributed by atoms with Gasteiger partial charge in [-0.05, 0) is 19.8 Å². The Kier molecular flexibility index (Phi) is 4.66. The summed E-state index contributed by atoms with van der Waals surface area (Å²) in [6, 6.07) is 2.41. The fraction of sp³-hybridized carbons (Fsp3) is 0.500. The van der Waals surface area contributed by atoms with E-state index in [0.29, 0.717) is 6.04 Å². The van der Waals surface area contributed by atoms with Crippen molar-refractivity contribution in [2.24, 2.45) is 7.05 Å². The van der Waals surface area contributed by atoms with E-state index in [9.17, 15) is 4.79 Å². The monoisotopic (exact) mass is 314 g/mol. The predicted octanol–water partition coefficient (Wildman–Crippen LogP) is 0.955. The fourth-order valence-electron chi connectivity index (χ4n) is 2.84. The lowest BCUT2D eigenvalue weighted by molar-refractivity contribution is 0.208. The summed E-state index contributed by atoms with van der Waals surface area (Å²) in [6.45, 7) is 4.77. The molecule has 0 unspecified atom stereocenters. The summed E-state index contributed by atoms with van der Waals surface area (Å²) in [4.78, 5) is 26.3. The van der Waals surface area contributed by atoms with E-state index in [2.05, 4.69) is 25.2 Å². The first-order valence-electron chi connectivity index (χ1n) is 7.89. The van der Waals surface area contributed by atoms with Crippen molar-refractivity contribution in [3.05, 3.63) is 46.5 Å². The first-order valence-corrected chi connectivity index (χ1v) is 7.89. The van der Waals surface area contributed by atoms with Crippen molar-refractivity contribution in [3.8, 4) is 0 Å². The van der Waals surface area contributed by atoms with Gasteiger partial charge in [0.05, 0.1) is 11.9 Å². The summed E-state index contributed by atoms with van der Waals surface area (Å²) in [5.41, 5.74) is 1.84. The van der Waals surface area contributed by atoms with Crippen LogP contribution >= 0.6 is 0 Å². The van der Waals surface area contributed by atoms with Crippen LogP contribution in [0.25, 0.3) is 0 Å². The zero-order valence-corrected chi connectivity index (χ0v) is 13.6. The topological polar surface area (TPSA) is 75.9 Å². The molecule has 0 spiro atoms. The van der Waals surface area contributed by atoms with Crippen molar-refractivity contribution < 1.29 is 0 Å². The lowest BCUT2D eigenvalue weighted by atomic mass is 10.0. The predicted molar refractivity (Wildman–Crippen MR) is 88.2 cm³/mol. The highest BCUT2D eigenvalue weighted by atomic mass is 16.1. The molecule has 0 bridgehead atoms. The quantitative estimate of drug-likeness (QED) is 0.906. The second-order valence-electron chi connectivity index (χ2n) is 6.07. The van der Waals surface area contributed by atoms with Gasteiger partial charge in [-0.1, -0.05) is 0 Å². The molecule has 1 fully saturated rings. The molecule has 1 aliphatic heterocycles. The maximum atomic E-state index is 11.4. The molecule has 7 nitrogen and oxygen atoms in total. The van der Waals surface area contributed by atoms with E-state index in [4.69, 9.17) is 0 Å². The number of hydrogen-bond acceptors (Lipinski definition) is 6. The fourth-order valence-corrected chi connectivity index (χ4v) is 2.84.